The lowest BCUT2D eigenvalue weighted by Gasteiger charge is -2.38. The first-order valence-electron chi connectivity index (χ1n) is 9.28. The average Bonchev–Trinajstić information content (AvgIpc) is 3.36. The van der Waals surface area contributed by atoms with E-state index in [9.17, 15) is 4.79 Å². The van der Waals surface area contributed by atoms with Gasteiger partial charge < -0.3 is 15.0 Å². The van der Waals surface area contributed by atoms with Gasteiger partial charge in [0, 0.05) is 19.6 Å². The number of aryl methyl sites for hydroxylation is 1. The van der Waals surface area contributed by atoms with Crippen molar-refractivity contribution in [3.8, 4) is 0 Å². The Labute approximate surface area is 148 Å². The number of carbonyl (C=O) groups is 1. The Morgan fingerprint density at radius 3 is 2.83 bits per heavy atom. The molecule has 1 saturated carbocycles. The summed E-state index contributed by atoms with van der Waals surface area (Å²) < 4.78 is 6.28. The summed E-state index contributed by atoms with van der Waals surface area (Å²) in [5.41, 5.74) is 0.834. The molecule has 5 nitrogen and oxygen atoms in total. The molecule has 1 aliphatic heterocycles. The summed E-state index contributed by atoms with van der Waals surface area (Å²) in [4.78, 5) is 20.3. The summed E-state index contributed by atoms with van der Waals surface area (Å²) in [6, 6.07) is 0. The topological polar surface area (TPSA) is 54.5 Å². The molecule has 1 aromatic rings. The number of carbonyl (C=O) groups excluding carboxylic acids is 1. The van der Waals surface area contributed by atoms with Crippen LogP contribution in [-0.2, 0) is 4.74 Å². The SMILES string of the molecule is CCCC[C@@H]1CN(C(=O)c2sc(NCC)nc2C)C[C@H](C2CC2)O1. The molecule has 0 spiro atoms. The van der Waals surface area contributed by atoms with Crippen molar-refractivity contribution in [1.29, 1.82) is 0 Å². The molecule has 2 fully saturated rings. The number of thiazole rings is 1. The first-order valence-corrected chi connectivity index (χ1v) is 10.1. The highest BCUT2D eigenvalue weighted by atomic mass is 32.1. The monoisotopic (exact) mass is 351 g/mol. The number of rotatable bonds is 7. The van der Waals surface area contributed by atoms with Gasteiger partial charge in [0.05, 0.1) is 17.9 Å². The third-order valence-electron chi connectivity index (χ3n) is 4.83. The minimum atomic E-state index is 0.129. The van der Waals surface area contributed by atoms with Gasteiger partial charge in [-0.25, -0.2) is 4.98 Å². The fourth-order valence-corrected chi connectivity index (χ4v) is 4.32. The fraction of sp³-hybridized carbons (Fsp3) is 0.778. The number of morpholine rings is 1. The van der Waals surface area contributed by atoms with Crippen LogP contribution in [0.1, 0.15) is 61.3 Å². The number of nitrogens with one attached hydrogen (secondary N) is 1. The van der Waals surface area contributed by atoms with Gasteiger partial charge in [0.15, 0.2) is 5.13 Å². The summed E-state index contributed by atoms with van der Waals surface area (Å²) in [5, 5.41) is 4.05. The third-order valence-corrected chi connectivity index (χ3v) is 5.93. The molecular formula is C18H29N3O2S. The first-order chi connectivity index (χ1) is 11.6. The molecule has 2 heterocycles. The van der Waals surface area contributed by atoms with Gasteiger partial charge >= 0.3 is 0 Å². The van der Waals surface area contributed by atoms with Gasteiger partial charge in [0.1, 0.15) is 4.88 Å². The zero-order valence-electron chi connectivity index (χ0n) is 15.0. The quantitative estimate of drug-likeness (QED) is 0.814. The Kier molecular flexibility index (Phi) is 5.76. The maximum atomic E-state index is 13.1. The number of hydrogen-bond donors (Lipinski definition) is 1. The standard InChI is InChI=1S/C18H29N3O2S/c1-4-6-7-14-10-21(11-15(23-14)13-8-9-13)17(22)16-12(3)20-18(24-16)19-5-2/h13-15H,4-11H2,1-3H3,(H,19,20)/t14-,15-/m1/s1. The van der Waals surface area contributed by atoms with Crippen molar-refractivity contribution < 1.29 is 9.53 Å². The second-order valence-corrected chi connectivity index (χ2v) is 7.95. The Bertz CT molecular complexity index is 571. The lowest BCUT2D eigenvalue weighted by atomic mass is 10.1. The summed E-state index contributed by atoms with van der Waals surface area (Å²) in [5.74, 6) is 0.786. The molecule has 1 saturated heterocycles. The normalized spacial score (nSPS) is 24.2. The van der Waals surface area contributed by atoms with E-state index in [0.717, 1.165) is 48.2 Å². The molecule has 1 N–H and O–H groups in total. The molecule has 2 atom stereocenters. The molecule has 0 radical (unpaired) electrons. The molecule has 3 rings (SSSR count). The van der Waals surface area contributed by atoms with Crippen LogP contribution >= 0.6 is 11.3 Å². The lowest BCUT2D eigenvalue weighted by molar-refractivity contribution is -0.0873. The number of unbranched alkanes of at least 4 members (excludes halogenated alkanes) is 1. The fourth-order valence-electron chi connectivity index (χ4n) is 3.32. The first kappa shape index (κ1) is 17.7. The lowest BCUT2D eigenvalue weighted by Crippen LogP contribution is -2.50. The van der Waals surface area contributed by atoms with Crippen LogP contribution in [0, 0.1) is 12.8 Å². The van der Waals surface area contributed by atoms with Crippen molar-refractivity contribution in [1.82, 2.24) is 9.88 Å². The summed E-state index contributed by atoms with van der Waals surface area (Å²) >= 11 is 1.48. The molecule has 0 bridgehead atoms. The molecule has 2 aliphatic rings. The summed E-state index contributed by atoms with van der Waals surface area (Å²) in [7, 11) is 0. The highest BCUT2D eigenvalue weighted by molar-refractivity contribution is 7.17. The predicted molar refractivity (Wildman–Crippen MR) is 97.8 cm³/mol. The van der Waals surface area contributed by atoms with E-state index >= 15 is 0 Å². The molecule has 1 amide bonds. The number of aromatic nitrogens is 1. The Morgan fingerprint density at radius 1 is 1.38 bits per heavy atom. The molecule has 0 aromatic carbocycles. The van der Waals surface area contributed by atoms with E-state index in [1.165, 1.54) is 30.6 Å². The maximum absolute atomic E-state index is 13.1. The van der Waals surface area contributed by atoms with Gasteiger partial charge in [-0.05, 0) is 39.0 Å². The van der Waals surface area contributed by atoms with Crippen LogP contribution in [0.25, 0.3) is 0 Å². The van der Waals surface area contributed by atoms with E-state index in [1.807, 2.05) is 18.7 Å². The van der Waals surface area contributed by atoms with Crippen LogP contribution in [0.15, 0.2) is 0 Å². The minimum Gasteiger partial charge on any atom is -0.371 e. The Balaban J connectivity index is 1.71. The summed E-state index contributed by atoms with van der Waals surface area (Å²) in [6.07, 6.45) is 6.29. The van der Waals surface area contributed by atoms with Gasteiger partial charge in [0.25, 0.3) is 5.91 Å². The minimum absolute atomic E-state index is 0.129. The number of hydrogen-bond acceptors (Lipinski definition) is 5. The van der Waals surface area contributed by atoms with E-state index < -0.39 is 0 Å². The van der Waals surface area contributed by atoms with Crippen molar-refractivity contribution in [2.75, 3.05) is 25.0 Å². The van der Waals surface area contributed by atoms with Crippen LogP contribution in [0.4, 0.5) is 5.13 Å². The Morgan fingerprint density at radius 2 is 2.17 bits per heavy atom. The predicted octanol–water partition coefficient (Wildman–Crippen LogP) is 3.69. The molecule has 24 heavy (non-hydrogen) atoms. The Hall–Kier alpha value is -1.14. The smallest absolute Gasteiger partial charge is 0.266 e. The number of amides is 1. The molecule has 6 heteroatoms. The van der Waals surface area contributed by atoms with Crippen LogP contribution in [0.5, 0.6) is 0 Å². The van der Waals surface area contributed by atoms with Crippen molar-refractivity contribution in [3.05, 3.63) is 10.6 Å². The highest BCUT2D eigenvalue weighted by Crippen LogP contribution is 2.38. The molecule has 1 aromatic heterocycles. The van der Waals surface area contributed by atoms with Crippen LogP contribution < -0.4 is 5.32 Å². The van der Waals surface area contributed by atoms with E-state index in [-0.39, 0.29) is 18.1 Å². The second-order valence-electron chi connectivity index (χ2n) is 6.95. The zero-order valence-corrected chi connectivity index (χ0v) is 15.8. The van der Waals surface area contributed by atoms with Crippen molar-refractivity contribution in [3.63, 3.8) is 0 Å². The van der Waals surface area contributed by atoms with Gasteiger partial charge in [-0.3, -0.25) is 4.79 Å². The van der Waals surface area contributed by atoms with E-state index in [0.29, 0.717) is 5.92 Å². The number of ether oxygens (including phenoxy) is 1. The third kappa shape index (κ3) is 4.09. The highest BCUT2D eigenvalue weighted by Gasteiger charge is 2.40. The molecule has 134 valence electrons. The molecule has 0 unspecified atom stereocenters. The van der Waals surface area contributed by atoms with Crippen molar-refractivity contribution in [2.45, 2.75) is 65.1 Å². The largest absolute Gasteiger partial charge is 0.371 e. The van der Waals surface area contributed by atoms with Crippen LogP contribution in [0.2, 0.25) is 0 Å². The van der Waals surface area contributed by atoms with Gasteiger partial charge in [-0.2, -0.15) is 0 Å². The van der Waals surface area contributed by atoms with Gasteiger partial charge in [-0.1, -0.05) is 31.1 Å². The molecule has 1 aliphatic carbocycles. The number of anilines is 1. The van der Waals surface area contributed by atoms with Gasteiger partial charge in [-0.15, -0.1) is 0 Å². The zero-order chi connectivity index (χ0) is 17.1. The number of nitrogens with zero attached hydrogens (tertiary/aromatic N) is 2. The van der Waals surface area contributed by atoms with E-state index in [1.54, 1.807) is 0 Å². The maximum Gasteiger partial charge on any atom is 0.266 e. The van der Waals surface area contributed by atoms with E-state index in [4.69, 9.17) is 4.74 Å². The van der Waals surface area contributed by atoms with Crippen LogP contribution in [-0.4, -0.2) is 47.6 Å². The second kappa shape index (κ2) is 7.83. The van der Waals surface area contributed by atoms with Crippen molar-refractivity contribution >= 4 is 22.4 Å². The average molecular weight is 352 g/mol. The van der Waals surface area contributed by atoms with Crippen molar-refractivity contribution in [2.24, 2.45) is 5.92 Å². The van der Waals surface area contributed by atoms with Gasteiger partial charge in [0.2, 0.25) is 0 Å². The summed E-state index contributed by atoms with van der Waals surface area (Å²) in [6.45, 7) is 8.45. The van der Waals surface area contributed by atoms with Crippen LogP contribution in [0.3, 0.4) is 0 Å². The molecular weight excluding hydrogens is 322 g/mol. The van der Waals surface area contributed by atoms with E-state index in [2.05, 4.69) is 17.2 Å².